The predicted octanol–water partition coefficient (Wildman–Crippen LogP) is 4.10. The van der Waals surface area contributed by atoms with Gasteiger partial charge in [0.25, 0.3) is 11.8 Å². The number of halogens is 2. The van der Waals surface area contributed by atoms with Crippen LogP contribution in [0.25, 0.3) is 0 Å². The van der Waals surface area contributed by atoms with E-state index in [1.165, 1.54) is 0 Å². The number of carbonyl (C=O) groups excluding carboxylic acids is 2. The van der Waals surface area contributed by atoms with Crippen LogP contribution < -0.4 is 5.32 Å². The molecule has 1 fully saturated rings. The minimum absolute atomic E-state index is 0. The van der Waals surface area contributed by atoms with Crippen LogP contribution in [-0.2, 0) is 0 Å². The molecule has 1 aliphatic heterocycles. The minimum Gasteiger partial charge on any atom is -0.337 e. The van der Waals surface area contributed by atoms with E-state index in [-0.39, 0.29) is 35.8 Å². The number of hydrogen-bond acceptors (Lipinski definition) is 3. The summed E-state index contributed by atoms with van der Waals surface area (Å²) in [5.41, 5.74) is 1.61. The van der Waals surface area contributed by atoms with Crippen molar-refractivity contribution < 1.29 is 9.59 Å². The second-order valence-corrected chi connectivity index (χ2v) is 7.37. The molecule has 1 N–H and O–H groups in total. The average molecular weight is 544 g/mol. The Balaban J connectivity index is 0.00000261. The molecule has 0 spiro atoms. The molecule has 0 radical (unpaired) electrons. The van der Waals surface area contributed by atoms with E-state index in [9.17, 15) is 9.59 Å². The predicted molar refractivity (Wildman–Crippen MR) is 122 cm³/mol. The summed E-state index contributed by atoms with van der Waals surface area (Å²) in [5, 5.41) is 2.88. The zero-order valence-corrected chi connectivity index (χ0v) is 19.1. The smallest absolute Gasteiger partial charge is 0.256 e. The van der Waals surface area contributed by atoms with Crippen molar-refractivity contribution in [3.05, 3.63) is 64.1 Å². The van der Waals surface area contributed by atoms with Crippen LogP contribution in [0.3, 0.4) is 0 Å². The van der Waals surface area contributed by atoms with Crippen LogP contribution in [0.2, 0.25) is 0 Å². The lowest BCUT2D eigenvalue weighted by atomic mass is 10.1. The van der Waals surface area contributed by atoms with Gasteiger partial charge in [0.05, 0.1) is 11.3 Å². The van der Waals surface area contributed by atoms with Crippen molar-refractivity contribution >= 4 is 57.4 Å². The standard InChI is InChI=1S/C20H22BrN3O2.HI/c1-23-10-5-11-24(13-12-23)20(26)17-8-2-3-9-18(17)22-19(25)15-6-4-7-16(21)14-15;/h2-4,6-9,14H,5,10-13H2,1H3,(H,22,25);1H. The van der Waals surface area contributed by atoms with E-state index in [2.05, 4.69) is 33.2 Å². The largest absolute Gasteiger partial charge is 0.337 e. The normalized spacial score (nSPS) is 14.8. The van der Waals surface area contributed by atoms with E-state index in [1.54, 1.807) is 24.3 Å². The van der Waals surface area contributed by atoms with Crippen LogP contribution in [0.4, 0.5) is 5.69 Å². The van der Waals surface area contributed by atoms with Crippen molar-refractivity contribution in [2.24, 2.45) is 0 Å². The van der Waals surface area contributed by atoms with Crippen LogP contribution in [-0.4, -0.2) is 54.8 Å². The third-order valence-electron chi connectivity index (χ3n) is 4.50. The summed E-state index contributed by atoms with van der Waals surface area (Å²) >= 11 is 3.37. The van der Waals surface area contributed by atoms with Crippen LogP contribution >= 0.6 is 39.9 Å². The van der Waals surface area contributed by atoms with Gasteiger partial charge in [-0.1, -0.05) is 34.1 Å². The van der Waals surface area contributed by atoms with Gasteiger partial charge in [0, 0.05) is 29.7 Å². The first-order chi connectivity index (χ1) is 12.5. The molecule has 0 atom stereocenters. The van der Waals surface area contributed by atoms with Crippen molar-refractivity contribution in [3.8, 4) is 0 Å². The first-order valence-electron chi connectivity index (χ1n) is 8.68. The van der Waals surface area contributed by atoms with E-state index >= 15 is 0 Å². The molecule has 0 aromatic heterocycles. The molecule has 2 amide bonds. The third-order valence-corrected chi connectivity index (χ3v) is 4.99. The maximum absolute atomic E-state index is 13.0. The molecule has 0 bridgehead atoms. The molecule has 7 heteroatoms. The molecule has 1 heterocycles. The lowest BCUT2D eigenvalue weighted by Gasteiger charge is -2.22. The number of amides is 2. The second kappa shape index (κ2) is 10.2. The summed E-state index contributed by atoms with van der Waals surface area (Å²) in [6.45, 7) is 3.28. The molecule has 5 nitrogen and oxygen atoms in total. The number of rotatable bonds is 3. The maximum Gasteiger partial charge on any atom is 0.256 e. The van der Waals surface area contributed by atoms with Gasteiger partial charge in [-0.2, -0.15) is 0 Å². The summed E-state index contributed by atoms with van der Waals surface area (Å²) < 4.78 is 0.836. The van der Waals surface area contributed by atoms with Gasteiger partial charge >= 0.3 is 0 Å². The maximum atomic E-state index is 13.0. The minimum atomic E-state index is -0.234. The zero-order chi connectivity index (χ0) is 18.5. The molecule has 2 aromatic carbocycles. The number of carbonyl (C=O) groups is 2. The molecule has 1 aliphatic rings. The monoisotopic (exact) mass is 543 g/mol. The van der Waals surface area contributed by atoms with Gasteiger partial charge < -0.3 is 15.1 Å². The van der Waals surface area contributed by atoms with E-state index in [1.807, 2.05) is 29.2 Å². The van der Waals surface area contributed by atoms with Gasteiger partial charge in [-0.15, -0.1) is 24.0 Å². The number of nitrogens with one attached hydrogen (secondary N) is 1. The van der Waals surface area contributed by atoms with Crippen molar-refractivity contribution in [2.75, 3.05) is 38.5 Å². The summed E-state index contributed by atoms with van der Waals surface area (Å²) in [5.74, 6) is -0.271. The quantitative estimate of drug-likeness (QED) is 0.593. The lowest BCUT2D eigenvalue weighted by molar-refractivity contribution is 0.0764. The number of likely N-dealkylation sites (N-methyl/N-ethyl adjacent to an activating group) is 1. The Morgan fingerprint density at radius 2 is 1.78 bits per heavy atom. The summed E-state index contributed by atoms with van der Waals surface area (Å²) in [6, 6.07) is 14.4. The number of para-hydroxylation sites is 1. The second-order valence-electron chi connectivity index (χ2n) is 6.46. The summed E-state index contributed by atoms with van der Waals surface area (Å²) in [6.07, 6.45) is 0.953. The average Bonchev–Trinajstić information content (AvgIpc) is 2.86. The highest BCUT2D eigenvalue weighted by molar-refractivity contribution is 14.0. The summed E-state index contributed by atoms with van der Waals surface area (Å²) in [7, 11) is 2.07. The van der Waals surface area contributed by atoms with Gasteiger partial charge in [-0.3, -0.25) is 9.59 Å². The highest BCUT2D eigenvalue weighted by Crippen LogP contribution is 2.20. The molecular formula is C20H23BrIN3O2. The molecule has 3 rings (SSSR count). The number of hydrogen-bond donors (Lipinski definition) is 1. The summed E-state index contributed by atoms with van der Waals surface area (Å²) in [4.78, 5) is 29.7. The van der Waals surface area contributed by atoms with E-state index < -0.39 is 0 Å². The molecule has 2 aromatic rings. The molecule has 0 unspecified atom stereocenters. The van der Waals surface area contributed by atoms with Gasteiger partial charge in [-0.05, 0) is 50.3 Å². The molecular weight excluding hydrogens is 521 g/mol. The van der Waals surface area contributed by atoms with Crippen LogP contribution in [0.15, 0.2) is 53.0 Å². The molecule has 1 saturated heterocycles. The van der Waals surface area contributed by atoms with E-state index in [0.29, 0.717) is 23.4 Å². The first-order valence-corrected chi connectivity index (χ1v) is 9.47. The van der Waals surface area contributed by atoms with Crippen LogP contribution in [0.5, 0.6) is 0 Å². The van der Waals surface area contributed by atoms with E-state index in [0.717, 1.165) is 30.5 Å². The van der Waals surface area contributed by atoms with Crippen molar-refractivity contribution in [2.45, 2.75) is 6.42 Å². The zero-order valence-electron chi connectivity index (χ0n) is 15.2. The Morgan fingerprint density at radius 1 is 1.00 bits per heavy atom. The molecule has 144 valence electrons. The topological polar surface area (TPSA) is 52.6 Å². The van der Waals surface area contributed by atoms with Crippen LogP contribution in [0, 0.1) is 0 Å². The Hall–Kier alpha value is -1.45. The third kappa shape index (κ3) is 5.76. The highest BCUT2D eigenvalue weighted by Gasteiger charge is 2.22. The van der Waals surface area contributed by atoms with Crippen molar-refractivity contribution in [1.82, 2.24) is 9.80 Å². The Bertz CT molecular complexity index is 815. The molecule has 0 aliphatic carbocycles. The highest BCUT2D eigenvalue weighted by atomic mass is 127. The van der Waals surface area contributed by atoms with Gasteiger partial charge in [-0.25, -0.2) is 0 Å². The fourth-order valence-electron chi connectivity index (χ4n) is 3.02. The fourth-order valence-corrected chi connectivity index (χ4v) is 3.42. The lowest BCUT2D eigenvalue weighted by Crippen LogP contribution is -2.35. The Morgan fingerprint density at radius 3 is 2.56 bits per heavy atom. The number of benzene rings is 2. The van der Waals surface area contributed by atoms with Gasteiger partial charge in [0.1, 0.15) is 0 Å². The van der Waals surface area contributed by atoms with Crippen molar-refractivity contribution in [1.29, 1.82) is 0 Å². The van der Waals surface area contributed by atoms with Crippen LogP contribution in [0.1, 0.15) is 27.1 Å². The van der Waals surface area contributed by atoms with Gasteiger partial charge in [0.2, 0.25) is 0 Å². The Labute approximate surface area is 185 Å². The molecule has 0 saturated carbocycles. The Kier molecular flexibility index (Phi) is 8.25. The van der Waals surface area contributed by atoms with E-state index in [4.69, 9.17) is 0 Å². The number of nitrogens with zero attached hydrogens (tertiary/aromatic N) is 2. The first kappa shape index (κ1) is 21.8. The number of anilines is 1. The molecule has 27 heavy (non-hydrogen) atoms. The van der Waals surface area contributed by atoms with Gasteiger partial charge in [0.15, 0.2) is 0 Å². The van der Waals surface area contributed by atoms with Crippen molar-refractivity contribution in [3.63, 3.8) is 0 Å². The SMILES string of the molecule is CN1CCCN(C(=O)c2ccccc2NC(=O)c2cccc(Br)c2)CC1.I. The fraction of sp³-hybridized carbons (Fsp3) is 0.300.